The van der Waals surface area contributed by atoms with E-state index in [4.69, 9.17) is 9.47 Å². The number of ether oxygens (including phenoxy) is 2. The first-order chi connectivity index (χ1) is 15.4. The summed E-state index contributed by atoms with van der Waals surface area (Å²) in [6, 6.07) is 20.6. The van der Waals surface area contributed by atoms with E-state index in [9.17, 15) is 18.0 Å². The Morgan fingerprint density at radius 2 is 1.53 bits per heavy atom. The zero-order valence-corrected chi connectivity index (χ0v) is 17.8. The number of hydrogen-bond donors (Lipinski definition) is 0. The van der Waals surface area contributed by atoms with Crippen molar-refractivity contribution >= 4 is 49.2 Å². The summed E-state index contributed by atoms with van der Waals surface area (Å²) in [5.41, 5.74) is 0.496. The number of sulfonamides is 1. The molecule has 0 atom stereocenters. The molecule has 0 fully saturated rings. The van der Waals surface area contributed by atoms with Crippen LogP contribution in [0.1, 0.15) is 10.4 Å². The lowest BCUT2D eigenvalue weighted by Gasteiger charge is -2.18. The lowest BCUT2D eigenvalue weighted by molar-refractivity contribution is -0.132. The fourth-order valence-corrected chi connectivity index (χ4v) is 5.63. The minimum Gasteiger partial charge on any atom is -0.465 e. The second-order valence-corrected chi connectivity index (χ2v) is 9.13. The Hall–Kier alpha value is -3.91. The van der Waals surface area contributed by atoms with Crippen LogP contribution in [-0.2, 0) is 19.6 Å². The Kier molecular flexibility index (Phi) is 4.60. The van der Waals surface area contributed by atoms with E-state index in [1.165, 1.54) is 13.2 Å². The zero-order valence-electron chi connectivity index (χ0n) is 16.9. The van der Waals surface area contributed by atoms with E-state index in [1.54, 1.807) is 30.3 Å². The lowest BCUT2D eigenvalue weighted by Crippen LogP contribution is -2.35. The average Bonchev–Trinajstić information content (AvgIpc) is 3.01. The van der Waals surface area contributed by atoms with Crippen molar-refractivity contribution in [3.05, 3.63) is 78.4 Å². The molecule has 0 saturated heterocycles. The maximum absolute atomic E-state index is 13.1. The van der Waals surface area contributed by atoms with Crippen LogP contribution in [0, 0.1) is 0 Å². The first kappa shape index (κ1) is 20.0. The largest absolute Gasteiger partial charge is 0.465 e. The smallest absolute Gasteiger partial charge is 0.341 e. The molecule has 32 heavy (non-hydrogen) atoms. The van der Waals surface area contributed by atoms with Gasteiger partial charge in [0.15, 0.2) is 0 Å². The molecular weight excluding hydrogens is 430 g/mol. The van der Waals surface area contributed by atoms with Crippen molar-refractivity contribution in [2.45, 2.75) is 4.90 Å². The molecule has 0 N–H and O–H groups in total. The number of hydrogen-bond acceptors (Lipinski definition) is 6. The minimum atomic E-state index is -3.91. The van der Waals surface area contributed by atoms with Crippen LogP contribution >= 0.6 is 0 Å². The number of nitrogens with zero attached hydrogens (tertiary/aromatic N) is 1. The molecule has 1 aliphatic heterocycles. The van der Waals surface area contributed by atoms with Crippen LogP contribution in [0.5, 0.6) is 5.75 Å². The highest BCUT2D eigenvalue weighted by atomic mass is 32.2. The Labute approximate surface area is 183 Å². The number of carbonyl (C=O) groups excluding carboxylic acids is 2. The van der Waals surface area contributed by atoms with Crippen LogP contribution in [0.25, 0.3) is 21.5 Å². The number of esters is 2. The Morgan fingerprint density at radius 3 is 2.25 bits per heavy atom. The molecule has 1 aliphatic rings. The maximum Gasteiger partial charge on any atom is 0.341 e. The van der Waals surface area contributed by atoms with Gasteiger partial charge in [0.2, 0.25) is 0 Å². The van der Waals surface area contributed by atoms with Gasteiger partial charge >= 0.3 is 11.9 Å². The van der Waals surface area contributed by atoms with Crippen molar-refractivity contribution in [1.82, 2.24) is 0 Å². The van der Waals surface area contributed by atoms with Crippen LogP contribution in [-0.4, -0.2) is 34.0 Å². The molecule has 5 rings (SSSR count). The summed E-state index contributed by atoms with van der Waals surface area (Å²) in [4.78, 5) is 25.3. The molecule has 0 aromatic heterocycles. The molecule has 0 aliphatic carbocycles. The minimum absolute atomic E-state index is 0.00728. The lowest BCUT2D eigenvalue weighted by atomic mass is 10.1. The third-order valence-corrected chi connectivity index (χ3v) is 7.23. The fraction of sp³-hybridized carbons (Fsp3) is 0.0833. The molecule has 1 heterocycles. The maximum atomic E-state index is 13.1. The summed E-state index contributed by atoms with van der Waals surface area (Å²) in [7, 11) is -2.68. The summed E-state index contributed by atoms with van der Waals surface area (Å²) in [5, 5.41) is 2.87. The Balaban J connectivity index is 1.50. The SMILES string of the molecule is COC(=O)c1cc2ccccc2cc1OC(=O)CN1c2cccc3cccc(c23)S1(=O)=O. The second-order valence-electron chi connectivity index (χ2n) is 7.30. The molecule has 8 heteroatoms. The fourth-order valence-electron chi connectivity index (χ4n) is 3.97. The molecule has 0 spiro atoms. The predicted octanol–water partition coefficient (Wildman–Crippen LogP) is 3.89. The van der Waals surface area contributed by atoms with Crippen molar-refractivity contribution in [2.24, 2.45) is 0 Å². The van der Waals surface area contributed by atoms with Gasteiger partial charge < -0.3 is 9.47 Å². The van der Waals surface area contributed by atoms with Crippen molar-refractivity contribution in [3.63, 3.8) is 0 Å². The van der Waals surface area contributed by atoms with Crippen molar-refractivity contribution in [2.75, 3.05) is 18.0 Å². The molecular formula is C24H17NO6S. The third-order valence-electron chi connectivity index (χ3n) is 5.43. The summed E-state index contributed by atoms with van der Waals surface area (Å²) in [6.07, 6.45) is 0. The molecule has 4 aromatic rings. The number of benzene rings is 4. The van der Waals surface area contributed by atoms with Crippen molar-refractivity contribution in [3.8, 4) is 5.75 Å². The number of anilines is 1. The summed E-state index contributed by atoms with van der Waals surface area (Å²) in [6.45, 7) is -0.538. The highest BCUT2D eigenvalue weighted by Crippen LogP contribution is 2.41. The van der Waals surface area contributed by atoms with Gasteiger partial charge in [-0.25, -0.2) is 18.0 Å². The van der Waals surface area contributed by atoms with E-state index < -0.39 is 28.5 Å². The van der Waals surface area contributed by atoms with E-state index in [-0.39, 0.29) is 16.2 Å². The molecule has 0 bridgehead atoms. The third kappa shape index (κ3) is 3.07. The first-order valence-corrected chi connectivity index (χ1v) is 11.2. The van der Waals surface area contributed by atoms with E-state index in [1.807, 2.05) is 36.4 Å². The summed E-state index contributed by atoms with van der Waals surface area (Å²) < 4.78 is 37.5. The van der Waals surface area contributed by atoms with Crippen LogP contribution in [0.4, 0.5) is 5.69 Å². The van der Waals surface area contributed by atoms with Gasteiger partial charge in [-0.1, -0.05) is 48.5 Å². The molecule has 160 valence electrons. The highest BCUT2D eigenvalue weighted by molar-refractivity contribution is 7.93. The van der Waals surface area contributed by atoms with Crippen LogP contribution < -0.4 is 9.04 Å². The number of fused-ring (bicyclic) bond motifs is 1. The Bertz CT molecular complexity index is 1520. The van der Waals surface area contributed by atoms with Gasteiger partial charge in [-0.15, -0.1) is 0 Å². The van der Waals surface area contributed by atoms with Gasteiger partial charge in [-0.05, 0) is 40.4 Å². The number of methoxy groups -OCH3 is 1. The number of rotatable bonds is 4. The summed E-state index contributed by atoms with van der Waals surface area (Å²) in [5.74, 6) is -1.48. The monoisotopic (exact) mass is 447 g/mol. The van der Waals surface area contributed by atoms with Crippen molar-refractivity contribution in [1.29, 1.82) is 0 Å². The molecule has 0 unspecified atom stereocenters. The van der Waals surface area contributed by atoms with Crippen molar-refractivity contribution < 1.29 is 27.5 Å². The number of carbonyl (C=O) groups is 2. The zero-order chi connectivity index (χ0) is 22.5. The van der Waals surface area contributed by atoms with E-state index in [2.05, 4.69) is 0 Å². The summed E-state index contributed by atoms with van der Waals surface area (Å²) >= 11 is 0. The van der Waals surface area contributed by atoms with Gasteiger partial charge in [-0.2, -0.15) is 0 Å². The van der Waals surface area contributed by atoms with Crippen LogP contribution in [0.2, 0.25) is 0 Å². The van der Waals surface area contributed by atoms with E-state index in [0.29, 0.717) is 11.1 Å². The van der Waals surface area contributed by atoms with Gasteiger partial charge in [0.25, 0.3) is 10.0 Å². The quantitative estimate of drug-likeness (QED) is 0.348. The van der Waals surface area contributed by atoms with Gasteiger partial charge in [0.05, 0.1) is 17.7 Å². The Morgan fingerprint density at radius 1 is 0.875 bits per heavy atom. The second kappa shape index (κ2) is 7.35. The van der Waals surface area contributed by atoms with E-state index in [0.717, 1.165) is 20.5 Å². The highest BCUT2D eigenvalue weighted by Gasteiger charge is 2.37. The van der Waals surface area contributed by atoms with Gasteiger partial charge in [0.1, 0.15) is 17.9 Å². The first-order valence-electron chi connectivity index (χ1n) is 9.76. The van der Waals surface area contributed by atoms with E-state index >= 15 is 0 Å². The van der Waals surface area contributed by atoms with Crippen LogP contribution in [0.3, 0.4) is 0 Å². The molecule has 7 nitrogen and oxygen atoms in total. The topological polar surface area (TPSA) is 90.0 Å². The molecule has 0 saturated carbocycles. The normalized spacial score (nSPS) is 14.0. The van der Waals surface area contributed by atoms with Gasteiger partial charge in [0, 0.05) is 5.39 Å². The standard InChI is InChI=1S/C24H17NO6S/c1-30-24(27)18-12-16-6-2-3-7-17(16)13-20(18)31-22(26)14-25-19-10-4-8-15-9-5-11-21(23(15)19)32(25,28)29/h2-13H,14H2,1H3. The average molecular weight is 447 g/mol. The van der Waals surface area contributed by atoms with Gasteiger partial charge in [-0.3, -0.25) is 4.31 Å². The molecule has 4 aromatic carbocycles. The van der Waals surface area contributed by atoms with Crippen LogP contribution in [0.15, 0.2) is 77.7 Å². The predicted molar refractivity (Wildman–Crippen MR) is 119 cm³/mol. The molecule has 0 amide bonds. The molecule has 0 radical (unpaired) electrons.